The molecular formula is C14H20N6O. The van der Waals surface area contributed by atoms with Crippen molar-refractivity contribution in [2.75, 3.05) is 24.1 Å². The van der Waals surface area contributed by atoms with Gasteiger partial charge in [0.05, 0.1) is 5.56 Å². The molecule has 0 spiro atoms. The lowest BCUT2D eigenvalue weighted by molar-refractivity contribution is -0.127. The number of nitrogens with zero attached hydrogens (tertiary/aromatic N) is 3. The van der Waals surface area contributed by atoms with Crippen molar-refractivity contribution in [1.29, 1.82) is 5.41 Å². The number of rotatable bonds is 4. The first kappa shape index (κ1) is 15.0. The van der Waals surface area contributed by atoms with E-state index in [-0.39, 0.29) is 17.8 Å². The summed E-state index contributed by atoms with van der Waals surface area (Å²) in [6, 6.07) is 0.0787. The number of aromatic nitrogens is 2. The second kappa shape index (κ2) is 6.34. The summed E-state index contributed by atoms with van der Waals surface area (Å²) in [4.78, 5) is 21.6. The number of amides is 1. The molecule has 7 nitrogen and oxygen atoms in total. The van der Waals surface area contributed by atoms with Crippen molar-refractivity contribution in [3.8, 4) is 0 Å². The summed E-state index contributed by atoms with van der Waals surface area (Å²) < 4.78 is 0. The first-order chi connectivity index (χ1) is 10.0. The topological polar surface area (TPSA) is 108 Å². The van der Waals surface area contributed by atoms with Crippen LogP contribution in [-0.2, 0) is 4.79 Å². The van der Waals surface area contributed by atoms with Crippen molar-refractivity contribution in [1.82, 2.24) is 14.9 Å². The average molecular weight is 288 g/mol. The number of hydrogen-bond donors (Lipinski definition) is 3. The van der Waals surface area contributed by atoms with Gasteiger partial charge in [0.1, 0.15) is 18.0 Å². The van der Waals surface area contributed by atoms with Gasteiger partial charge in [0.2, 0.25) is 5.91 Å². The Labute approximate surface area is 123 Å². The van der Waals surface area contributed by atoms with Crippen LogP contribution in [0.2, 0.25) is 0 Å². The minimum atomic E-state index is -0.0628. The van der Waals surface area contributed by atoms with Gasteiger partial charge >= 0.3 is 0 Å². The number of carbonyl (C=O) groups excluding carboxylic acids is 1. The number of likely N-dealkylation sites (tertiary alicyclic amines) is 1. The highest BCUT2D eigenvalue weighted by atomic mass is 16.2. The lowest BCUT2D eigenvalue weighted by Crippen LogP contribution is -2.44. The molecule has 0 aromatic carbocycles. The van der Waals surface area contributed by atoms with Crippen LogP contribution in [0.4, 0.5) is 11.6 Å². The lowest BCUT2D eigenvalue weighted by Gasteiger charge is -2.33. The minimum absolute atomic E-state index is 0.0628. The van der Waals surface area contributed by atoms with Gasteiger partial charge in [-0.15, -0.1) is 0 Å². The predicted octanol–water partition coefficient (Wildman–Crippen LogP) is 1.04. The number of anilines is 2. The van der Waals surface area contributed by atoms with E-state index < -0.39 is 0 Å². The summed E-state index contributed by atoms with van der Waals surface area (Å²) in [5.74, 6) is 0.773. The largest absolute Gasteiger partial charge is 0.383 e. The maximum absolute atomic E-state index is 11.7. The van der Waals surface area contributed by atoms with Gasteiger partial charge in [-0.1, -0.05) is 6.58 Å². The Hall–Kier alpha value is -2.44. The van der Waals surface area contributed by atoms with Crippen LogP contribution < -0.4 is 11.1 Å². The maximum Gasteiger partial charge on any atom is 0.246 e. The van der Waals surface area contributed by atoms with E-state index in [1.807, 2.05) is 0 Å². The normalized spacial score (nSPS) is 18.1. The predicted molar refractivity (Wildman–Crippen MR) is 82.4 cm³/mol. The molecule has 21 heavy (non-hydrogen) atoms. The van der Waals surface area contributed by atoms with Gasteiger partial charge in [-0.05, 0) is 25.8 Å². The van der Waals surface area contributed by atoms with Crippen LogP contribution >= 0.6 is 0 Å². The summed E-state index contributed by atoms with van der Waals surface area (Å²) in [5.41, 5.74) is 6.64. The molecule has 1 atom stereocenters. The van der Waals surface area contributed by atoms with Crippen molar-refractivity contribution >= 4 is 23.3 Å². The molecule has 1 amide bonds. The summed E-state index contributed by atoms with van der Waals surface area (Å²) in [6.45, 7) is 6.49. The molecular weight excluding hydrogens is 268 g/mol. The molecule has 2 rings (SSSR count). The number of carbonyl (C=O) groups is 1. The number of nitrogens with one attached hydrogen (secondary N) is 2. The quantitative estimate of drug-likeness (QED) is 0.566. The smallest absolute Gasteiger partial charge is 0.246 e. The Morgan fingerprint density at radius 1 is 1.62 bits per heavy atom. The second-order valence-electron chi connectivity index (χ2n) is 5.08. The summed E-state index contributed by atoms with van der Waals surface area (Å²) in [5, 5.41) is 11.1. The summed E-state index contributed by atoms with van der Waals surface area (Å²) >= 11 is 0. The Balaban J connectivity index is 2.15. The zero-order valence-corrected chi connectivity index (χ0v) is 12.1. The third-order valence-electron chi connectivity index (χ3n) is 3.50. The molecule has 0 radical (unpaired) electrons. The number of nitrogens with two attached hydrogens (primary N) is 1. The van der Waals surface area contributed by atoms with Crippen molar-refractivity contribution in [3.63, 3.8) is 0 Å². The average Bonchev–Trinajstić information content (AvgIpc) is 2.46. The summed E-state index contributed by atoms with van der Waals surface area (Å²) in [7, 11) is 0. The van der Waals surface area contributed by atoms with Crippen LogP contribution in [0.3, 0.4) is 0 Å². The molecule has 0 saturated carbocycles. The van der Waals surface area contributed by atoms with E-state index in [9.17, 15) is 4.79 Å². The Morgan fingerprint density at radius 3 is 3.05 bits per heavy atom. The van der Waals surface area contributed by atoms with Crippen LogP contribution in [0.15, 0.2) is 19.0 Å². The fourth-order valence-corrected chi connectivity index (χ4v) is 2.50. The van der Waals surface area contributed by atoms with Gasteiger partial charge in [-0.25, -0.2) is 9.97 Å². The molecule has 4 N–H and O–H groups in total. The van der Waals surface area contributed by atoms with Crippen LogP contribution in [0, 0.1) is 5.41 Å². The molecule has 7 heteroatoms. The molecule has 1 unspecified atom stereocenters. The molecule has 1 aliphatic rings. The highest BCUT2D eigenvalue weighted by Gasteiger charge is 2.23. The van der Waals surface area contributed by atoms with E-state index in [4.69, 9.17) is 11.1 Å². The van der Waals surface area contributed by atoms with E-state index in [2.05, 4.69) is 21.9 Å². The van der Waals surface area contributed by atoms with Crippen molar-refractivity contribution < 1.29 is 4.79 Å². The van der Waals surface area contributed by atoms with E-state index in [1.165, 1.54) is 12.4 Å². The first-order valence-electron chi connectivity index (χ1n) is 6.86. The molecule has 1 aliphatic heterocycles. The number of nitrogen functional groups attached to an aromatic ring is 1. The van der Waals surface area contributed by atoms with Gasteiger partial charge < -0.3 is 21.4 Å². The van der Waals surface area contributed by atoms with Crippen LogP contribution in [-0.4, -0.2) is 45.6 Å². The first-order valence-corrected chi connectivity index (χ1v) is 6.86. The van der Waals surface area contributed by atoms with Gasteiger partial charge in [0.15, 0.2) is 0 Å². The number of piperidine rings is 1. The highest BCUT2D eigenvalue weighted by Crippen LogP contribution is 2.21. The molecule has 0 bridgehead atoms. The van der Waals surface area contributed by atoms with Gasteiger partial charge in [-0.3, -0.25) is 4.79 Å². The van der Waals surface area contributed by atoms with Crippen LogP contribution in [0.25, 0.3) is 0 Å². The fourth-order valence-electron chi connectivity index (χ4n) is 2.50. The lowest BCUT2D eigenvalue weighted by atomic mass is 10.0. The highest BCUT2D eigenvalue weighted by molar-refractivity contribution is 6.04. The van der Waals surface area contributed by atoms with Crippen LogP contribution in [0.1, 0.15) is 25.3 Å². The standard InChI is InChI=1S/C14H20N6O/c1-3-11(21)20-6-4-5-10(7-20)19-14-12(9(2)15)13(16)17-8-18-14/h3,8,10,15H,1,4-7H2,2H3,(H3,16,17,18,19). The summed E-state index contributed by atoms with van der Waals surface area (Å²) in [6.07, 6.45) is 4.55. The van der Waals surface area contributed by atoms with Crippen molar-refractivity contribution in [2.45, 2.75) is 25.8 Å². The van der Waals surface area contributed by atoms with Crippen LogP contribution in [0.5, 0.6) is 0 Å². The molecule has 1 saturated heterocycles. The monoisotopic (exact) mass is 288 g/mol. The molecule has 0 aliphatic carbocycles. The maximum atomic E-state index is 11.7. The third-order valence-corrected chi connectivity index (χ3v) is 3.50. The van der Waals surface area contributed by atoms with Crippen molar-refractivity contribution in [2.24, 2.45) is 0 Å². The van der Waals surface area contributed by atoms with E-state index in [0.29, 0.717) is 23.6 Å². The van der Waals surface area contributed by atoms with Gasteiger partial charge in [0, 0.05) is 24.8 Å². The fraction of sp³-hybridized carbons (Fsp3) is 0.429. The Kier molecular flexibility index (Phi) is 4.52. The zero-order valence-electron chi connectivity index (χ0n) is 12.1. The molecule has 1 aromatic heterocycles. The van der Waals surface area contributed by atoms with E-state index >= 15 is 0 Å². The third kappa shape index (κ3) is 3.36. The van der Waals surface area contributed by atoms with E-state index in [1.54, 1.807) is 11.8 Å². The minimum Gasteiger partial charge on any atom is -0.383 e. The Morgan fingerprint density at radius 2 is 2.38 bits per heavy atom. The molecule has 1 fully saturated rings. The van der Waals surface area contributed by atoms with E-state index in [0.717, 1.165) is 19.4 Å². The van der Waals surface area contributed by atoms with Crippen molar-refractivity contribution in [3.05, 3.63) is 24.5 Å². The van der Waals surface area contributed by atoms with Gasteiger partial charge in [0.25, 0.3) is 0 Å². The zero-order chi connectivity index (χ0) is 15.4. The number of hydrogen-bond acceptors (Lipinski definition) is 6. The SMILES string of the molecule is C=CC(=O)N1CCCC(Nc2ncnc(N)c2C(C)=N)C1. The molecule has 2 heterocycles. The Bertz CT molecular complexity index is 571. The van der Waals surface area contributed by atoms with Gasteiger partial charge in [-0.2, -0.15) is 0 Å². The molecule has 112 valence electrons. The molecule has 1 aromatic rings. The second-order valence-corrected chi connectivity index (χ2v) is 5.08.